The quantitative estimate of drug-likeness (QED) is 0.206. The Bertz CT molecular complexity index is 1400. The highest BCUT2D eigenvalue weighted by Gasteiger charge is 2.27. The van der Waals surface area contributed by atoms with E-state index in [0.717, 1.165) is 44.1 Å². The number of carboxylic acid groups (broad SMARTS) is 1. The topological polar surface area (TPSA) is 174 Å². The smallest absolute Gasteiger partial charge is 0.330 e. The number of hydrogen-bond acceptors (Lipinski definition) is 12. The average molecular weight is 823 g/mol. The Morgan fingerprint density at radius 3 is 1.36 bits per heavy atom. The van der Waals surface area contributed by atoms with Crippen molar-refractivity contribution in [2.24, 2.45) is 11.8 Å². The standard InChI is InChI=1S/C11H20O3.C11H18O3.C9H16O3.C7H12O2.C7H8O2/c2*1-4-13-11(12)7-10-5-8(2)14-9(3)6-10;1-6-3-8(5-9(10)11)4-7(2)12-6;2*1-5-3-7(8)4-6(2)9-5/h8-10H,4-7H2,1-3H3;7-9H,4-6H2,1-3H3;6-8H,3-5H2,1-2H3,(H,10,11);5-6H,3-4H2,1-2H3;3-4H,1-2H3/t8-,9+,10?;8-,9+;6-,7+,8?;5-,6+;. The summed E-state index contributed by atoms with van der Waals surface area (Å²) < 4.78 is 36.9. The van der Waals surface area contributed by atoms with Crippen LogP contribution in [-0.4, -0.2) is 90.8 Å². The van der Waals surface area contributed by atoms with E-state index in [1.165, 1.54) is 12.1 Å². The molecule has 0 amide bonds. The number of Topliss-reactive ketones (excluding diaryl/α,β-unsaturated/α-hetero) is 1. The molecule has 13 nitrogen and oxygen atoms in total. The summed E-state index contributed by atoms with van der Waals surface area (Å²) in [5, 5.41) is 8.60. The van der Waals surface area contributed by atoms with Crippen LogP contribution in [0.3, 0.4) is 0 Å². The average Bonchev–Trinajstić information content (AvgIpc) is 3.03. The molecule has 0 saturated carbocycles. The number of carbonyl (C=O) groups is 4. The second kappa shape index (κ2) is 28.1. The van der Waals surface area contributed by atoms with Gasteiger partial charge in [0.1, 0.15) is 17.3 Å². The van der Waals surface area contributed by atoms with Crippen LogP contribution in [0, 0.1) is 25.7 Å². The lowest BCUT2D eigenvalue weighted by Crippen LogP contribution is -2.30. The number of aryl methyl sites for hydroxylation is 2. The SMILES string of the molecule is CCOC(=O)C=C1C[C@@H](C)O[C@@H](C)C1.CCOC(=O)CC1C[C@@H](C)O[C@@H](C)C1.C[C@@H]1CC(=O)C[C@H](C)O1.C[C@@H]1CC(CC(=O)O)C[C@H](C)O1.Cc1cc(=O)cc(C)o1. The Labute approximate surface area is 346 Å². The molecule has 4 saturated heterocycles. The Balaban J connectivity index is 0.000000367. The molecule has 10 atom stereocenters. The lowest BCUT2D eigenvalue weighted by molar-refractivity contribution is -0.146. The maximum absolute atomic E-state index is 11.3. The van der Waals surface area contributed by atoms with Gasteiger partial charge < -0.3 is 37.9 Å². The number of rotatable bonds is 7. The largest absolute Gasteiger partial charge is 0.481 e. The number of aliphatic carboxylic acids is 1. The fourth-order valence-corrected chi connectivity index (χ4v) is 7.88. The summed E-state index contributed by atoms with van der Waals surface area (Å²) in [6, 6.07) is 2.93. The fraction of sp³-hybridized carbons (Fsp3) is 0.756. The van der Waals surface area contributed by atoms with E-state index in [2.05, 4.69) is 13.8 Å². The lowest BCUT2D eigenvalue weighted by Gasteiger charge is -2.31. The fourth-order valence-electron chi connectivity index (χ4n) is 7.88. The zero-order chi connectivity index (χ0) is 43.9. The van der Waals surface area contributed by atoms with Crippen molar-refractivity contribution in [2.45, 2.75) is 196 Å². The van der Waals surface area contributed by atoms with Crippen molar-refractivity contribution in [2.75, 3.05) is 13.2 Å². The highest BCUT2D eigenvalue weighted by molar-refractivity contribution is 5.82. The second-order valence-corrected chi connectivity index (χ2v) is 16.2. The molecule has 1 aromatic rings. The molecular formula is C45H74O13. The molecule has 0 bridgehead atoms. The molecule has 2 unspecified atom stereocenters. The molecule has 4 aliphatic rings. The first-order valence-corrected chi connectivity index (χ1v) is 21.1. The molecule has 1 N–H and O–H groups in total. The first kappa shape index (κ1) is 52.6. The first-order chi connectivity index (χ1) is 27.2. The summed E-state index contributed by atoms with van der Waals surface area (Å²) in [5.41, 5.74) is 1.14. The Morgan fingerprint density at radius 1 is 0.621 bits per heavy atom. The van der Waals surface area contributed by atoms with Crippen molar-refractivity contribution in [3.63, 3.8) is 0 Å². The monoisotopic (exact) mass is 823 g/mol. The van der Waals surface area contributed by atoms with Gasteiger partial charge in [-0.05, 0) is 133 Å². The molecule has 5 rings (SSSR count). The molecule has 0 aliphatic carbocycles. The van der Waals surface area contributed by atoms with Crippen LogP contribution in [0.1, 0.15) is 145 Å². The van der Waals surface area contributed by atoms with Gasteiger partial charge in [-0.25, -0.2) is 4.79 Å². The third kappa shape index (κ3) is 25.2. The minimum atomic E-state index is -0.693. The normalized spacial score (nSPS) is 29.9. The van der Waals surface area contributed by atoms with E-state index >= 15 is 0 Å². The van der Waals surface area contributed by atoms with Gasteiger partial charge in [0, 0.05) is 43.9 Å². The molecule has 332 valence electrons. The van der Waals surface area contributed by atoms with Gasteiger partial charge in [0.15, 0.2) is 5.43 Å². The van der Waals surface area contributed by atoms with Crippen LogP contribution in [-0.2, 0) is 47.6 Å². The summed E-state index contributed by atoms with van der Waals surface area (Å²) >= 11 is 0. The van der Waals surface area contributed by atoms with Gasteiger partial charge in [-0.3, -0.25) is 19.2 Å². The summed E-state index contributed by atoms with van der Waals surface area (Å²) in [6.07, 6.45) is 10.7. The predicted molar refractivity (Wildman–Crippen MR) is 222 cm³/mol. The van der Waals surface area contributed by atoms with Crippen LogP contribution >= 0.6 is 0 Å². The predicted octanol–water partition coefficient (Wildman–Crippen LogP) is 8.27. The lowest BCUT2D eigenvalue weighted by atomic mass is 9.90. The number of carbonyl (C=O) groups excluding carboxylic acids is 3. The molecule has 13 heteroatoms. The molecule has 0 spiro atoms. The Morgan fingerprint density at radius 2 is 1.00 bits per heavy atom. The van der Waals surface area contributed by atoms with Gasteiger partial charge in [0.2, 0.25) is 0 Å². The van der Waals surface area contributed by atoms with Crippen molar-refractivity contribution < 1.29 is 57.1 Å². The number of carboxylic acids is 1. The van der Waals surface area contributed by atoms with E-state index in [1.807, 2.05) is 55.4 Å². The van der Waals surface area contributed by atoms with Crippen molar-refractivity contribution in [3.05, 3.63) is 45.5 Å². The third-order valence-electron chi connectivity index (χ3n) is 9.49. The van der Waals surface area contributed by atoms with Gasteiger partial charge in [-0.15, -0.1) is 0 Å². The van der Waals surface area contributed by atoms with E-state index in [0.29, 0.717) is 61.6 Å². The van der Waals surface area contributed by atoms with Crippen LogP contribution in [0.5, 0.6) is 0 Å². The molecule has 5 heterocycles. The van der Waals surface area contributed by atoms with E-state index in [9.17, 15) is 24.0 Å². The van der Waals surface area contributed by atoms with E-state index in [1.54, 1.807) is 19.9 Å². The zero-order valence-electron chi connectivity index (χ0n) is 37.3. The van der Waals surface area contributed by atoms with Crippen LogP contribution < -0.4 is 5.43 Å². The van der Waals surface area contributed by atoms with Gasteiger partial charge in [0.05, 0.1) is 62.0 Å². The van der Waals surface area contributed by atoms with Gasteiger partial charge in [-0.1, -0.05) is 5.57 Å². The Kier molecular flexibility index (Phi) is 25.5. The number of ketones is 1. The van der Waals surface area contributed by atoms with Crippen LogP contribution in [0.2, 0.25) is 0 Å². The summed E-state index contributed by atoms with van der Waals surface area (Å²) in [7, 11) is 0. The molecule has 4 aliphatic heterocycles. The van der Waals surface area contributed by atoms with Crippen molar-refractivity contribution in [1.29, 1.82) is 0 Å². The van der Waals surface area contributed by atoms with Crippen LogP contribution in [0.4, 0.5) is 0 Å². The van der Waals surface area contributed by atoms with Gasteiger partial charge in [-0.2, -0.15) is 0 Å². The highest BCUT2D eigenvalue weighted by Crippen LogP contribution is 2.28. The van der Waals surface area contributed by atoms with E-state index in [4.69, 9.17) is 37.9 Å². The number of hydrogen-bond donors (Lipinski definition) is 1. The van der Waals surface area contributed by atoms with Crippen LogP contribution in [0.25, 0.3) is 0 Å². The molecule has 0 radical (unpaired) electrons. The molecule has 1 aromatic heterocycles. The second-order valence-electron chi connectivity index (χ2n) is 16.2. The summed E-state index contributed by atoms with van der Waals surface area (Å²) in [4.78, 5) is 54.3. The number of ether oxygens (including phenoxy) is 6. The molecule has 4 fully saturated rings. The van der Waals surface area contributed by atoms with Crippen molar-refractivity contribution >= 4 is 23.7 Å². The first-order valence-electron chi connectivity index (χ1n) is 21.1. The van der Waals surface area contributed by atoms with E-state index < -0.39 is 5.97 Å². The third-order valence-corrected chi connectivity index (χ3v) is 9.49. The number of esters is 2. The molecule has 58 heavy (non-hydrogen) atoms. The summed E-state index contributed by atoms with van der Waals surface area (Å²) in [6.45, 7) is 24.1. The van der Waals surface area contributed by atoms with Gasteiger partial charge >= 0.3 is 17.9 Å². The van der Waals surface area contributed by atoms with Gasteiger partial charge in [0.25, 0.3) is 0 Å². The maximum Gasteiger partial charge on any atom is 0.330 e. The molecular weight excluding hydrogens is 748 g/mol. The Hall–Kier alpha value is -3.39. The van der Waals surface area contributed by atoms with E-state index in [-0.39, 0.29) is 72.6 Å². The summed E-state index contributed by atoms with van der Waals surface area (Å²) in [5.74, 6) is 1.42. The van der Waals surface area contributed by atoms with Crippen molar-refractivity contribution in [1.82, 2.24) is 0 Å². The maximum atomic E-state index is 11.3. The van der Waals surface area contributed by atoms with Crippen LogP contribution in [0.15, 0.2) is 33.0 Å². The minimum Gasteiger partial charge on any atom is -0.481 e. The molecule has 0 aromatic carbocycles. The minimum absolute atomic E-state index is 0.0104. The highest BCUT2D eigenvalue weighted by atomic mass is 16.5. The van der Waals surface area contributed by atoms with Crippen molar-refractivity contribution in [3.8, 4) is 0 Å². The zero-order valence-corrected chi connectivity index (χ0v) is 37.3.